The van der Waals surface area contributed by atoms with Gasteiger partial charge in [0.1, 0.15) is 11.4 Å². The van der Waals surface area contributed by atoms with Crippen molar-refractivity contribution in [3.63, 3.8) is 0 Å². The molecule has 1 aliphatic rings. The Morgan fingerprint density at radius 1 is 1.47 bits per heavy atom. The van der Waals surface area contributed by atoms with E-state index in [1.54, 1.807) is 25.4 Å². The first-order valence-electron chi connectivity index (χ1n) is 6.01. The Hall–Kier alpha value is -1.64. The number of hydrogen-bond acceptors (Lipinski definition) is 3. The molecule has 0 bridgehead atoms. The standard InChI is InChI=1S/C14H17NO2/c1-17-13-8-5-9-15-14(13)12(16)10-11-6-3-2-4-7-11/h5-6,8-9H,2-4,7,10H2,1H3. The van der Waals surface area contributed by atoms with Gasteiger partial charge in [-0.2, -0.15) is 0 Å². The van der Waals surface area contributed by atoms with Crippen molar-refractivity contribution in [3.05, 3.63) is 35.7 Å². The zero-order valence-electron chi connectivity index (χ0n) is 10.1. The molecule has 0 aliphatic heterocycles. The molecule has 90 valence electrons. The number of Topliss-reactive ketones (excluding diaryl/α,β-unsaturated/α-hetero) is 1. The molecule has 3 nitrogen and oxygen atoms in total. The van der Waals surface area contributed by atoms with E-state index in [1.165, 1.54) is 18.4 Å². The van der Waals surface area contributed by atoms with Gasteiger partial charge in [0, 0.05) is 12.6 Å². The van der Waals surface area contributed by atoms with Gasteiger partial charge in [-0.05, 0) is 37.8 Å². The van der Waals surface area contributed by atoms with Crippen LogP contribution < -0.4 is 4.74 Å². The first-order chi connectivity index (χ1) is 8.31. The Balaban J connectivity index is 2.11. The molecule has 3 heteroatoms. The molecule has 0 saturated carbocycles. The molecule has 1 aromatic rings. The zero-order chi connectivity index (χ0) is 12.1. The smallest absolute Gasteiger partial charge is 0.189 e. The summed E-state index contributed by atoms with van der Waals surface area (Å²) in [4.78, 5) is 16.2. The Morgan fingerprint density at radius 2 is 2.35 bits per heavy atom. The van der Waals surface area contributed by atoms with Gasteiger partial charge in [0.25, 0.3) is 0 Å². The predicted octanol–water partition coefficient (Wildman–Crippen LogP) is 3.16. The van der Waals surface area contributed by atoms with Crippen molar-refractivity contribution < 1.29 is 9.53 Å². The second kappa shape index (κ2) is 5.62. The number of carbonyl (C=O) groups excluding carboxylic acids is 1. The van der Waals surface area contributed by atoms with E-state index in [2.05, 4.69) is 11.1 Å². The van der Waals surface area contributed by atoms with Crippen LogP contribution in [0, 0.1) is 0 Å². The van der Waals surface area contributed by atoms with Gasteiger partial charge < -0.3 is 4.74 Å². The minimum atomic E-state index is 0.0515. The van der Waals surface area contributed by atoms with Gasteiger partial charge in [0.05, 0.1) is 7.11 Å². The quantitative estimate of drug-likeness (QED) is 0.590. The Morgan fingerprint density at radius 3 is 3.06 bits per heavy atom. The summed E-state index contributed by atoms with van der Waals surface area (Å²) in [5, 5.41) is 0. The molecular weight excluding hydrogens is 214 g/mol. The molecule has 1 aromatic heterocycles. The number of rotatable bonds is 4. The van der Waals surface area contributed by atoms with E-state index < -0.39 is 0 Å². The summed E-state index contributed by atoms with van der Waals surface area (Å²) >= 11 is 0. The molecule has 1 aliphatic carbocycles. The van der Waals surface area contributed by atoms with Crippen molar-refractivity contribution in [3.8, 4) is 5.75 Å². The zero-order valence-corrected chi connectivity index (χ0v) is 10.1. The van der Waals surface area contributed by atoms with E-state index in [4.69, 9.17) is 4.74 Å². The average molecular weight is 231 g/mol. The maximum Gasteiger partial charge on any atom is 0.189 e. The summed E-state index contributed by atoms with van der Waals surface area (Å²) in [5.74, 6) is 0.615. The van der Waals surface area contributed by atoms with Gasteiger partial charge in [0.15, 0.2) is 5.78 Å². The summed E-state index contributed by atoms with van der Waals surface area (Å²) in [6, 6.07) is 3.55. The fourth-order valence-corrected chi connectivity index (χ4v) is 2.12. The first kappa shape index (κ1) is 11.8. The second-order valence-corrected chi connectivity index (χ2v) is 4.26. The van der Waals surface area contributed by atoms with Crippen LogP contribution in [0.3, 0.4) is 0 Å². The molecule has 0 N–H and O–H groups in total. The fourth-order valence-electron chi connectivity index (χ4n) is 2.12. The summed E-state index contributed by atoms with van der Waals surface area (Å²) in [7, 11) is 1.56. The highest BCUT2D eigenvalue weighted by atomic mass is 16.5. The van der Waals surface area contributed by atoms with E-state index in [9.17, 15) is 4.79 Å². The summed E-state index contributed by atoms with van der Waals surface area (Å²) in [6.45, 7) is 0. The third-order valence-electron chi connectivity index (χ3n) is 3.03. The molecule has 0 unspecified atom stereocenters. The Kier molecular flexibility index (Phi) is 3.91. The van der Waals surface area contributed by atoms with Crippen molar-refractivity contribution in [1.29, 1.82) is 0 Å². The summed E-state index contributed by atoms with van der Waals surface area (Å²) in [6.07, 6.45) is 8.88. The maximum absolute atomic E-state index is 12.1. The summed E-state index contributed by atoms with van der Waals surface area (Å²) < 4.78 is 5.15. The number of aromatic nitrogens is 1. The van der Waals surface area contributed by atoms with Crippen LogP contribution in [0.5, 0.6) is 5.75 Å². The van der Waals surface area contributed by atoms with E-state index in [0.717, 1.165) is 12.8 Å². The van der Waals surface area contributed by atoms with Crippen LogP contribution in [0.15, 0.2) is 30.0 Å². The van der Waals surface area contributed by atoms with Crippen molar-refractivity contribution in [1.82, 2.24) is 4.98 Å². The van der Waals surface area contributed by atoms with E-state index in [1.807, 2.05) is 0 Å². The minimum Gasteiger partial charge on any atom is -0.494 e. The van der Waals surface area contributed by atoms with Crippen LogP contribution in [-0.2, 0) is 0 Å². The third kappa shape index (κ3) is 2.93. The molecule has 0 saturated heterocycles. The van der Waals surface area contributed by atoms with E-state index in [-0.39, 0.29) is 5.78 Å². The number of carbonyl (C=O) groups is 1. The number of ether oxygens (including phenoxy) is 1. The highest BCUT2D eigenvalue weighted by Gasteiger charge is 2.15. The molecule has 1 heterocycles. The first-order valence-corrected chi connectivity index (χ1v) is 6.01. The molecule has 0 fully saturated rings. The molecule has 17 heavy (non-hydrogen) atoms. The van der Waals surface area contributed by atoms with E-state index >= 15 is 0 Å². The molecular formula is C14H17NO2. The van der Waals surface area contributed by atoms with Gasteiger partial charge in [-0.15, -0.1) is 0 Å². The van der Waals surface area contributed by atoms with Crippen LogP contribution >= 0.6 is 0 Å². The highest BCUT2D eigenvalue weighted by Crippen LogP contribution is 2.24. The second-order valence-electron chi connectivity index (χ2n) is 4.26. The monoisotopic (exact) mass is 231 g/mol. The number of hydrogen-bond donors (Lipinski definition) is 0. The topological polar surface area (TPSA) is 39.2 Å². The largest absolute Gasteiger partial charge is 0.494 e. The lowest BCUT2D eigenvalue weighted by molar-refractivity contribution is 0.0983. The van der Waals surface area contributed by atoms with Gasteiger partial charge in [-0.3, -0.25) is 4.79 Å². The molecule has 0 radical (unpaired) electrons. The van der Waals surface area contributed by atoms with Crippen molar-refractivity contribution in [2.75, 3.05) is 7.11 Å². The number of allylic oxidation sites excluding steroid dienone is 2. The Bertz CT molecular complexity index is 438. The third-order valence-corrected chi connectivity index (χ3v) is 3.03. The molecule has 0 amide bonds. The fraction of sp³-hybridized carbons (Fsp3) is 0.429. The van der Waals surface area contributed by atoms with Gasteiger partial charge in [-0.25, -0.2) is 4.98 Å². The van der Waals surface area contributed by atoms with Crippen LogP contribution in [0.4, 0.5) is 0 Å². The SMILES string of the molecule is COc1cccnc1C(=O)CC1=CCCCC1. The minimum absolute atomic E-state index is 0.0515. The predicted molar refractivity (Wildman–Crippen MR) is 66.3 cm³/mol. The number of nitrogens with zero attached hydrogens (tertiary/aromatic N) is 1. The molecule has 0 spiro atoms. The normalized spacial score (nSPS) is 15.2. The average Bonchev–Trinajstić information content (AvgIpc) is 2.40. The van der Waals surface area contributed by atoms with E-state index in [0.29, 0.717) is 17.9 Å². The van der Waals surface area contributed by atoms with Gasteiger partial charge in [-0.1, -0.05) is 11.6 Å². The lowest BCUT2D eigenvalue weighted by Gasteiger charge is -2.12. The maximum atomic E-state index is 12.1. The van der Waals surface area contributed by atoms with Crippen LogP contribution in [0.1, 0.15) is 42.6 Å². The summed E-state index contributed by atoms with van der Waals surface area (Å²) in [5.41, 5.74) is 1.69. The molecule has 2 rings (SSSR count). The number of methoxy groups -OCH3 is 1. The Labute approximate surface area is 102 Å². The molecule has 0 atom stereocenters. The van der Waals surface area contributed by atoms with Gasteiger partial charge >= 0.3 is 0 Å². The lowest BCUT2D eigenvalue weighted by Crippen LogP contribution is -2.07. The number of ketones is 1. The lowest BCUT2D eigenvalue weighted by atomic mass is 9.95. The van der Waals surface area contributed by atoms with Crippen molar-refractivity contribution in [2.24, 2.45) is 0 Å². The van der Waals surface area contributed by atoms with Crippen LogP contribution in [0.2, 0.25) is 0 Å². The van der Waals surface area contributed by atoms with Gasteiger partial charge in [0.2, 0.25) is 0 Å². The highest BCUT2D eigenvalue weighted by molar-refractivity contribution is 5.98. The number of pyridine rings is 1. The van der Waals surface area contributed by atoms with Crippen LogP contribution in [-0.4, -0.2) is 17.9 Å². The van der Waals surface area contributed by atoms with Crippen molar-refractivity contribution in [2.45, 2.75) is 32.1 Å². The molecule has 0 aromatic carbocycles. The van der Waals surface area contributed by atoms with Crippen molar-refractivity contribution >= 4 is 5.78 Å². The van der Waals surface area contributed by atoms with Crippen LogP contribution in [0.25, 0.3) is 0 Å².